The zero-order valence-electron chi connectivity index (χ0n) is 23.0. The van der Waals surface area contributed by atoms with E-state index in [9.17, 15) is 0 Å². The molecule has 35 heavy (non-hydrogen) atoms. The average molecular weight is 557 g/mol. The SMILES string of the molecule is CC(C)(C)c1c(C(P)(C2CCCNC2)C2CCCNC2)c(CP)c[c-]1C(C)(C)C.[Fe].[cH-]1[cH-][cH-][cH-][cH-]1. The van der Waals surface area contributed by atoms with Gasteiger partial charge >= 0.3 is 0 Å². The van der Waals surface area contributed by atoms with Crippen LogP contribution in [0.2, 0.25) is 0 Å². The largest absolute Gasteiger partial charge is 0.748 e. The molecule has 0 saturated carbocycles. The van der Waals surface area contributed by atoms with Gasteiger partial charge in [-0.15, -0.1) is 24.0 Å². The third-order valence-corrected chi connectivity index (χ3v) is 9.54. The molecule has 2 aromatic carbocycles. The second-order valence-electron chi connectivity index (χ2n) is 12.5. The van der Waals surface area contributed by atoms with Gasteiger partial charge in [0.15, 0.2) is 0 Å². The first-order valence-electron chi connectivity index (χ1n) is 13.4. The number of piperidine rings is 2. The molecule has 4 rings (SSSR count). The van der Waals surface area contributed by atoms with Gasteiger partial charge in [-0.05, 0) is 74.3 Å². The van der Waals surface area contributed by atoms with Crippen LogP contribution in [0.3, 0.4) is 0 Å². The summed E-state index contributed by atoms with van der Waals surface area (Å²) in [5, 5.41) is 7.62. The quantitative estimate of drug-likeness (QED) is 0.245. The van der Waals surface area contributed by atoms with Crippen molar-refractivity contribution in [3.8, 4) is 0 Å². The molecule has 0 radical (unpaired) electrons. The smallest absolute Gasteiger partial charge is 0 e. The van der Waals surface area contributed by atoms with Crippen LogP contribution >= 0.6 is 18.5 Å². The van der Waals surface area contributed by atoms with Crippen molar-refractivity contribution in [3.05, 3.63) is 58.7 Å². The van der Waals surface area contributed by atoms with Crippen LogP contribution in [-0.4, -0.2) is 26.2 Å². The Balaban J connectivity index is 0.000000640. The van der Waals surface area contributed by atoms with Crippen LogP contribution in [-0.2, 0) is 39.2 Å². The molecule has 0 aromatic heterocycles. The summed E-state index contributed by atoms with van der Waals surface area (Å²) in [5.74, 6) is 1.36. The summed E-state index contributed by atoms with van der Waals surface area (Å²) in [6.07, 6.45) is 6.32. The van der Waals surface area contributed by atoms with Crippen LogP contribution in [0.15, 0.2) is 36.4 Å². The molecule has 2 saturated heterocycles. The van der Waals surface area contributed by atoms with Crippen molar-refractivity contribution in [2.24, 2.45) is 11.8 Å². The minimum Gasteiger partial charge on any atom is -0.748 e. The summed E-state index contributed by atoms with van der Waals surface area (Å²) in [6, 6.07) is 12.6. The van der Waals surface area contributed by atoms with Crippen molar-refractivity contribution in [1.29, 1.82) is 0 Å². The van der Waals surface area contributed by atoms with Crippen LogP contribution in [0.5, 0.6) is 0 Å². The summed E-state index contributed by atoms with van der Waals surface area (Å²) in [7, 11) is 6.53. The minimum absolute atomic E-state index is 0. The Kier molecular flexibility index (Phi) is 11.8. The molecule has 0 bridgehead atoms. The van der Waals surface area contributed by atoms with E-state index in [-0.39, 0.29) is 33.1 Å². The van der Waals surface area contributed by atoms with E-state index >= 15 is 0 Å². The standard InChI is InChI=1S/C25H45N2P2.C5H5.Fe/c1-23(2,3)20-13-17(16-28)21(22(20)24(4,5)6)25(29,18-9-7-11-26-14-18)19-10-8-12-27-15-19;1-2-4-5-3-1;/h13,18-19,26-27H,7-12,14-16,28-29H2,1-6H3;1-5H;/q-1;-5;. The summed E-state index contributed by atoms with van der Waals surface area (Å²) < 4.78 is 0. The van der Waals surface area contributed by atoms with Crippen molar-refractivity contribution in [2.75, 3.05) is 26.2 Å². The van der Waals surface area contributed by atoms with E-state index in [1.807, 2.05) is 30.3 Å². The molecule has 2 aromatic rings. The van der Waals surface area contributed by atoms with Crippen molar-refractivity contribution in [2.45, 2.75) is 89.4 Å². The fourth-order valence-corrected chi connectivity index (χ4v) is 7.44. The van der Waals surface area contributed by atoms with E-state index in [1.54, 1.807) is 22.3 Å². The fourth-order valence-electron chi connectivity index (χ4n) is 6.22. The van der Waals surface area contributed by atoms with Gasteiger partial charge in [-0.25, -0.2) is 0 Å². The Morgan fingerprint density at radius 2 is 1.34 bits per heavy atom. The Labute approximate surface area is 231 Å². The molecule has 2 heterocycles. The summed E-state index contributed by atoms with van der Waals surface area (Å²) in [6.45, 7) is 19.1. The molecule has 0 aliphatic carbocycles. The summed E-state index contributed by atoms with van der Waals surface area (Å²) in [5.41, 5.74) is 6.75. The molecule has 2 aliphatic heterocycles. The Hall–Kier alpha value is -0.000519. The maximum absolute atomic E-state index is 3.74. The predicted molar refractivity (Wildman–Crippen MR) is 157 cm³/mol. The van der Waals surface area contributed by atoms with Gasteiger partial charge in [-0.3, -0.25) is 0 Å². The molecule has 2 fully saturated rings. The first-order valence-corrected chi connectivity index (χ1v) is 14.8. The van der Waals surface area contributed by atoms with Gasteiger partial charge in [0.25, 0.3) is 0 Å². The van der Waals surface area contributed by atoms with E-state index in [1.165, 1.54) is 38.8 Å². The molecule has 2 nitrogen and oxygen atoms in total. The molecule has 2 N–H and O–H groups in total. The van der Waals surface area contributed by atoms with E-state index in [0.717, 1.165) is 19.3 Å². The third-order valence-electron chi connectivity index (χ3n) is 7.87. The minimum atomic E-state index is 0. The Morgan fingerprint density at radius 1 is 0.886 bits per heavy atom. The first kappa shape index (κ1) is 31.2. The van der Waals surface area contributed by atoms with Crippen LogP contribution in [0.25, 0.3) is 0 Å². The summed E-state index contributed by atoms with van der Waals surface area (Å²) in [4.78, 5) is 0. The van der Waals surface area contributed by atoms with Gasteiger partial charge in [-0.1, -0.05) is 53.1 Å². The van der Waals surface area contributed by atoms with Gasteiger partial charge in [0.05, 0.1) is 0 Å². The monoisotopic (exact) mass is 556 g/mol. The van der Waals surface area contributed by atoms with E-state index in [2.05, 4.69) is 76.7 Å². The molecule has 0 amide bonds. The van der Waals surface area contributed by atoms with Crippen LogP contribution < -0.4 is 10.6 Å². The molecule has 4 atom stereocenters. The van der Waals surface area contributed by atoms with Crippen LogP contribution in [0, 0.1) is 11.8 Å². The van der Waals surface area contributed by atoms with E-state index < -0.39 is 0 Å². The van der Waals surface area contributed by atoms with E-state index in [0.29, 0.717) is 11.8 Å². The number of hydrogen-bond donors (Lipinski definition) is 2. The number of hydrogen-bond acceptors (Lipinski definition) is 2. The van der Waals surface area contributed by atoms with Gasteiger partial charge in [0.2, 0.25) is 0 Å². The van der Waals surface area contributed by atoms with Crippen molar-refractivity contribution >= 4 is 18.5 Å². The topological polar surface area (TPSA) is 24.1 Å². The second-order valence-corrected chi connectivity index (χ2v) is 13.9. The fraction of sp³-hybridized carbons (Fsp3) is 0.667. The molecule has 5 heteroatoms. The predicted octanol–water partition coefficient (Wildman–Crippen LogP) is 6.85. The van der Waals surface area contributed by atoms with Gasteiger partial charge in [0, 0.05) is 17.1 Å². The van der Waals surface area contributed by atoms with Crippen LogP contribution in [0.1, 0.15) is 89.5 Å². The average Bonchev–Trinajstić information content (AvgIpc) is 3.51. The first-order chi connectivity index (χ1) is 16.0. The molecular formula is C30H50FeN2P2-6. The molecule has 204 valence electrons. The molecule has 0 spiro atoms. The number of nitrogens with one attached hydrogen (secondary N) is 2. The van der Waals surface area contributed by atoms with Gasteiger partial charge in [0.1, 0.15) is 0 Å². The zero-order valence-corrected chi connectivity index (χ0v) is 26.4. The van der Waals surface area contributed by atoms with Crippen molar-refractivity contribution < 1.29 is 17.1 Å². The molecular weight excluding hydrogens is 506 g/mol. The maximum Gasteiger partial charge on any atom is 0 e. The van der Waals surface area contributed by atoms with Gasteiger partial charge in [-0.2, -0.15) is 22.8 Å². The molecule has 4 unspecified atom stereocenters. The van der Waals surface area contributed by atoms with Crippen molar-refractivity contribution in [3.63, 3.8) is 0 Å². The second kappa shape index (κ2) is 13.2. The maximum atomic E-state index is 3.74. The Morgan fingerprint density at radius 3 is 1.66 bits per heavy atom. The summed E-state index contributed by atoms with van der Waals surface area (Å²) >= 11 is 0. The van der Waals surface area contributed by atoms with Gasteiger partial charge < -0.3 is 41.0 Å². The molecule has 2 aliphatic rings. The van der Waals surface area contributed by atoms with E-state index in [4.69, 9.17) is 0 Å². The van der Waals surface area contributed by atoms with Crippen molar-refractivity contribution in [1.82, 2.24) is 10.6 Å². The van der Waals surface area contributed by atoms with Crippen LogP contribution in [0.4, 0.5) is 0 Å². The number of rotatable bonds is 4. The normalized spacial score (nSPS) is 23.0. The Bertz CT molecular complexity index is 826. The zero-order chi connectivity index (χ0) is 25.0. The third kappa shape index (κ3) is 7.31.